The molecule has 0 atom stereocenters. The van der Waals surface area contributed by atoms with E-state index >= 15 is 0 Å². The minimum atomic E-state index is 0.434. The predicted octanol–water partition coefficient (Wildman–Crippen LogP) is 3.14. The lowest BCUT2D eigenvalue weighted by Crippen LogP contribution is -2.10. The molecule has 0 spiro atoms. The van der Waals surface area contributed by atoms with Crippen LogP contribution in [-0.2, 0) is 7.05 Å². The number of aromatic nitrogens is 3. The molecule has 1 aromatic carbocycles. The molecule has 0 fully saturated rings. The number of benzene rings is 1. The molecule has 3 heterocycles. The van der Waals surface area contributed by atoms with E-state index in [1.54, 1.807) is 11.3 Å². The number of nitrogen functional groups attached to an aromatic ring is 1. The number of aryl methyl sites for hydroxylation is 1. The van der Waals surface area contributed by atoms with Gasteiger partial charge in [0.2, 0.25) is 5.95 Å². The number of hydrogen-bond donors (Lipinski definition) is 2. The van der Waals surface area contributed by atoms with Crippen molar-refractivity contribution in [1.82, 2.24) is 14.5 Å². The number of nitrogens with two attached hydrogens (primary N) is 1. The molecule has 0 aliphatic heterocycles. The van der Waals surface area contributed by atoms with Crippen LogP contribution in [-0.4, -0.2) is 14.5 Å². The molecular formula is C15H13N5S. The minimum Gasteiger partial charge on any atom is -0.350 e. The smallest absolute Gasteiger partial charge is 0.238 e. The zero-order chi connectivity index (χ0) is 14.4. The van der Waals surface area contributed by atoms with Gasteiger partial charge in [0.25, 0.3) is 0 Å². The van der Waals surface area contributed by atoms with E-state index in [1.165, 1.54) is 10.9 Å². The van der Waals surface area contributed by atoms with Gasteiger partial charge in [-0.15, -0.1) is 11.3 Å². The number of para-hydroxylation sites is 1. The average Bonchev–Trinajstić information content (AvgIpc) is 3.11. The van der Waals surface area contributed by atoms with Crippen LogP contribution in [0.3, 0.4) is 0 Å². The number of rotatable bonds is 2. The average molecular weight is 295 g/mol. The van der Waals surface area contributed by atoms with Gasteiger partial charge in [-0.05, 0) is 17.5 Å². The third-order valence-corrected chi connectivity index (χ3v) is 4.50. The fourth-order valence-corrected chi connectivity index (χ4v) is 3.48. The van der Waals surface area contributed by atoms with Crippen molar-refractivity contribution >= 4 is 38.4 Å². The van der Waals surface area contributed by atoms with Crippen LogP contribution in [0.5, 0.6) is 0 Å². The van der Waals surface area contributed by atoms with Crippen molar-refractivity contribution in [3.05, 3.63) is 41.9 Å². The number of nitrogens with zero attached hydrogens (tertiary/aromatic N) is 3. The first-order valence-corrected chi connectivity index (χ1v) is 7.42. The van der Waals surface area contributed by atoms with Crippen molar-refractivity contribution in [3.63, 3.8) is 0 Å². The second-order valence-electron chi connectivity index (χ2n) is 4.85. The summed E-state index contributed by atoms with van der Waals surface area (Å²) in [5.41, 5.74) is 6.65. The molecule has 3 aromatic heterocycles. The second kappa shape index (κ2) is 4.54. The Morgan fingerprint density at radius 2 is 2.05 bits per heavy atom. The monoisotopic (exact) mass is 295 g/mol. The molecule has 0 saturated heterocycles. The van der Waals surface area contributed by atoms with Gasteiger partial charge in [-0.3, -0.25) is 5.43 Å². The molecule has 4 aromatic rings. The Bertz CT molecular complexity index is 953. The van der Waals surface area contributed by atoms with E-state index in [0.717, 1.165) is 21.5 Å². The van der Waals surface area contributed by atoms with Crippen LogP contribution < -0.4 is 11.3 Å². The third kappa shape index (κ3) is 1.80. The van der Waals surface area contributed by atoms with Gasteiger partial charge in [0.15, 0.2) is 0 Å². The van der Waals surface area contributed by atoms with E-state index < -0.39 is 0 Å². The van der Waals surface area contributed by atoms with Crippen molar-refractivity contribution in [3.8, 4) is 11.3 Å². The number of hydrogen-bond acceptors (Lipinski definition) is 5. The SMILES string of the molecule is Cn1cc(-c2nc(NN)nc3ccsc23)c2ccccc21. The summed E-state index contributed by atoms with van der Waals surface area (Å²) in [6.45, 7) is 0. The zero-order valence-electron chi connectivity index (χ0n) is 11.4. The van der Waals surface area contributed by atoms with Crippen molar-refractivity contribution < 1.29 is 0 Å². The molecule has 5 nitrogen and oxygen atoms in total. The maximum Gasteiger partial charge on any atom is 0.238 e. The van der Waals surface area contributed by atoms with Crippen LogP contribution in [0, 0.1) is 0 Å². The molecule has 4 rings (SSSR count). The van der Waals surface area contributed by atoms with Gasteiger partial charge in [-0.25, -0.2) is 15.8 Å². The topological polar surface area (TPSA) is 68.8 Å². The summed E-state index contributed by atoms with van der Waals surface area (Å²) in [5.74, 6) is 5.93. The maximum absolute atomic E-state index is 5.50. The first kappa shape index (κ1) is 12.3. The van der Waals surface area contributed by atoms with Crippen LogP contribution in [0.25, 0.3) is 32.4 Å². The van der Waals surface area contributed by atoms with Crippen LogP contribution in [0.2, 0.25) is 0 Å². The van der Waals surface area contributed by atoms with Gasteiger partial charge in [-0.2, -0.15) is 0 Å². The summed E-state index contributed by atoms with van der Waals surface area (Å²) in [4.78, 5) is 8.96. The number of anilines is 1. The lowest BCUT2D eigenvalue weighted by Gasteiger charge is -2.04. The van der Waals surface area contributed by atoms with Crippen molar-refractivity contribution in [2.75, 3.05) is 5.43 Å². The summed E-state index contributed by atoms with van der Waals surface area (Å²) >= 11 is 1.64. The van der Waals surface area contributed by atoms with Crippen LogP contribution in [0.1, 0.15) is 0 Å². The quantitative estimate of drug-likeness (QED) is 0.440. The highest BCUT2D eigenvalue weighted by Gasteiger charge is 2.15. The molecule has 0 unspecified atom stereocenters. The van der Waals surface area contributed by atoms with Crippen LogP contribution in [0.15, 0.2) is 41.9 Å². The molecule has 0 amide bonds. The third-order valence-electron chi connectivity index (χ3n) is 3.58. The lowest BCUT2D eigenvalue weighted by molar-refractivity contribution is 0.969. The van der Waals surface area contributed by atoms with Crippen LogP contribution in [0.4, 0.5) is 5.95 Å². The van der Waals surface area contributed by atoms with E-state index in [0.29, 0.717) is 5.95 Å². The van der Waals surface area contributed by atoms with Crippen molar-refractivity contribution in [1.29, 1.82) is 0 Å². The fraction of sp³-hybridized carbons (Fsp3) is 0.0667. The van der Waals surface area contributed by atoms with Gasteiger partial charge in [0.05, 0.1) is 15.9 Å². The Morgan fingerprint density at radius 1 is 1.19 bits per heavy atom. The number of thiophene rings is 1. The Kier molecular flexibility index (Phi) is 2.66. The van der Waals surface area contributed by atoms with Gasteiger partial charge >= 0.3 is 0 Å². The van der Waals surface area contributed by atoms with Gasteiger partial charge in [0.1, 0.15) is 0 Å². The van der Waals surface area contributed by atoms with Gasteiger partial charge < -0.3 is 4.57 Å². The Hall–Kier alpha value is -2.44. The molecule has 3 N–H and O–H groups in total. The molecule has 0 aliphatic rings. The summed E-state index contributed by atoms with van der Waals surface area (Å²) in [7, 11) is 2.04. The Labute approximate surface area is 125 Å². The largest absolute Gasteiger partial charge is 0.350 e. The molecule has 104 valence electrons. The molecule has 21 heavy (non-hydrogen) atoms. The van der Waals surface area contributed by atoms with Gasteiger partial charge in [0, 0.05) is 29.7 Å². The van der Waals surface area contributed by atoms with Crippen molar-refractivity contribution in [2.24, 2.45) is 12.9 Å². The summed E-state index contributed by atoms with van der Waals surface area (Å²) in [5, 5.41) is 3.20. The zero-order valence-corrected chi connectivity index (χ0v) is 12.2. The molecular weight excluding hydrogens is 282 g/mol. The standard InChI is InChI=1S/C15H13N5S/c1-20-8-10(9-4-2-3-5-12(9)20)13-14-11(6-7-21-14)17-15(18-13)19-16/h2-8H,16H2,1H3,(H,17,18,19). The molecule has 0 aliphatic carbocycles. The maximum atomic E-state index is 5.50. The molecule has 6 heteroatoms. The summed E-state index contributed by atoms with van der Waals surface area (Å²) < 4.78 is 3.19. The predicted molar refractivity (Wildman–Crippen MR) is 87.1 cm³/mol. The van der Waals surface area contributed by atoms with E-state index in [2.05, 4.69) is 38.3 Å². The highest BCUT2D eigenvalue weighted by atomic mass is 32.1. The number of hydrazine groups is 1. The van der Waals surface area contributed by atoms with Crippen LogP contribution >= 0.6 is 11.3 Å². The van der Waals surface area contributed by atoms with Crippen molar-refractivity contribution in [2.45, 2.75) is 0 Å². The molecule has 0 bridgehead atoms. The molecule has 0 saturated carbocycles. The Balaban J connectivity index is 2.10. The molecule has 0 radical (unpaired) electrons. The van der Waals surface area contributed by atoms with E-state index in [9.17, 15) is 0 Å². The fourth-order valence-electron chi connectivity index (χ4n) is 2.64. The normalized spacial score (nSPS) is 11.3. The first-order chi connectivity index (χ1) is 10.3. The number of fused-ring (bicyclic) bond motifs is 2. The summed E-state index contributed by atoms with van der Waals surface area (Å²) in [6.07, 6.45) is 2.10. The Morgan fingerprint density at radius 3 is 2.90 bits per heavy atom. The van der Waals surface area contributed by atoms with E-state index in [4.69, 9.17) is 5.84 Å². The highest BCUT2D eigenvalue weighted by molar-refractivity contribution is 7.17. The summed E-state index contributed by atoms with van der Waals surface area (Å²) in [6, 6.07) is 10.3. The number of nitrogens with one attached hydrogen (secondary N) is 1. The van der Waals surface area contributed by atoms with E-state index in [1.807, 2.05) is 30.6 Å². The minimum absolute atomic E-state index is 0.434. The first-order valence-electron chi connectivity index (χ1n) is 6.54. The second-order valence-corrected chi connectivity index (χ2v) is 5.76. The highest BCUT2D eigenvalue weighted by Crippen LogP contribution is 2.35. The van der Waals surface area contributed by atoms with E-state index in [-0.39, 0.29) is 0 Å². The van der Waals surface area contributed by atoms with Gasteiger partial charge in [-0.1, -0.05) is 18.2 Å². The lowest BCUT2D eigenvalue weighted by atomic mass is 10.1.